The van der Waals surface area contributed by atoms with Crippen molar-refractivity contribution in [2.24, 2.45) is 0 Å². The summed E-state index contributed by atoms with van der Waals surface area (Å²) < 4.78 is 33.6. The number of benzene rings is 4. The maximum atomic E-state index is 13.5. The van der Waals surface area contributed by atoms with E-state index >= 15 is 0 Å². The maximum Gasteiger partial charge on any atom is 0.262 e. The minimum atomic E-state index is -3.93. The van der Waals surface area contributed by atoms with Gasteiger partial charge in [0.1, 0.15) is 5.75 Å². The zero-order chi connectivity index (χ0) is 27.4. The molecule has 1 unspecified atom stereocenters. The number of carbonyl (C=O) groups is 2. The number of hydrogen-bond acceptors (Lipinski definition) is 5. The van der Waals surface area contributed by atoms with E-state index in [0.717, 1.165) is 20.6 Å². The fraction of sp³-hybridized carbons (Fsp3) is 0.200. The predicted octanol–water partition coefficient (Wildman–Crippen LogP) is 3.61. The largest absolute Gasteiger partial charge is 0.477 e. The molecule has 4 aromatic rings. The topological polar surface area (TPSA) is 96.0 Å². The van der Waals surface area contributed by atoms with Gasteiger partial charge in [-0.15, -0.1) is 0 Å². The van der Waals surface area contributed by atoms with Gasteiger partial charge in [0.25, 0.3) is 5.91 Å². The summed E-state index contributed by atoms with van der Waals surface area (Å²) in [6.45, 7) is -0.00619. The average molecular weight is 544 g/mol. The Hall–Kier alpha value is -4.21. The van der Waals surface area contributed by atoms with Crippen molar-refractivity contribution in [1.82, 2.24) is 9.62 Å². The third-order valence-electron chi connectivity index (χ3n) is 6.71. The van der Waals surface area contributed by atoms with Gasteiger partial charge in [-0.1, -0.05) is 72.8 Å². The fourth-order valence-corrected chi connectivity index (χ4v) is 5.72. The summed E-state index contributed by atoms with van der Waals surface area (Å²) in [5.74, 6) is -0.407. The lowest BCUT2D eigenvalue weighted by Gasteiger charge is -2.35. The Bertz CT molecular complexity index is 1610. The highest BCUT2D eigenvalue weighted by Gasteiger charge is 2.35. The Kier molecular flexibility index (Phi) is 7.63. The Balaban J connectivity index is 1.29. The Labute approximate surface area is 227 Å². The van der Waals surface area contributed by atoms with Crippen molar-refractivity contribution >= 4 is 38.3 Å². The monoisotopic (exact) mass is 543 g/mol. The van der Waals surface area contributed by atoms with Gasteiger partial charge in [-0.2, -0.15) is 4.31 Å². The third kappa shape index (κ3) is 5.79. The van der Waals surface area contributed by atoms with E-state index in [1.807, 2.05) is 54.6 Å². The van der Waals surface area contributed by atoms with Crippen LogP contribution in [0, 0.1) is 0 Å². The molecule has 0 saturated heterocycles. The Morgan fingerprint density at radius 2 is 1.62 bits per heavy atom. The molecule has 0 saturated carbocycles. The van der Waals surface area contributed by atoms with Crippen LogP contribution in [0.5, 0.6) is 5.75 Å². The number of anilines is 1. The van der Waals surface area contributed by atoms with Gasteiger partial charge in [-0.05, 0) is 47.0 Å². The van der Waals surface area contributed by atoms with Crippen molar-refractivity contribution in [1.29, 1.82) is 0 Å². The van der Waals surface area contributed by atoms with Crippen LogP contribution in [0.1, 0.15) is 5.56 Å². The first-order valence-corrected chi connectivity index (χ1v) is 14.1. The second kappa shape index (κ2) is 11.3. The normalized spacial score (nSPS) is 15.0. The van der Waals surface area contributed by atoms with Crippen molar-refractivity contribution < 1.29 is 22.7 Å². The van der Waals surface area contributed by atoms with Crippen molar-refractivity contribution in [3.05, 3.63) is 103 Å². The van der Waals surface area contributed by atoms with Crippen LogP contribution >= 0.6 is 0 Å². The number of sulfonamides is 1. The molecule has 0 aliphatic carbocycles. The van der Waals surface area contributed by atoms with Crippen LogP contribution < -0.4 is 15.0 Å². The molecule has 0 fully saturated rings. The molecule has 9 heteroatoms. The van der Waals surface area contributed by atoms with Crippen molar-refractivity contribution in [2.75, 3.05) is 31.6 Å². The minimum absolute atomic E-state index is 0.0309. The summed E-state index contributed by atoms with van der Waals surface area (Å²) in [6, 6.07) is 29.1. The molecule has 1 heterocycles. The number of hydrogen-bond donors (Lipinski definition) is 1. The molecule has 0 aromatic heterocycles. The molecule has 1 aliphatic heterocycles. The Morgan fingerprint density at radius 3 is 2.41 bits per heavy atom. The molecule has 0 spiro atoms. The molecule has 200 valence electrons. The lowest BCUT2D eigenvalue weighted by atomic mass is 10.1. The fourth-order valence-electron chi connectivity index (χ4n) is 4.56. The van der Waals surface area contributed by atoms with Crippen LogP contribution in [0.15, 0.2) is 102 Å². The van der Waals surface area contributed by atoms with Crippen LogP contribution in [0.4, 0.5) is 5.69 Å². The molecule has 1 atom stereocenters. The summed E-state index contributed by atoms with van der Waals surface area (Å²) in [7, 11) is -2.56. The highest BCUT2D eigenvalue weighted by Crippen LogP contribution is 2.33. The molecular formula is C30H29N3O5S. The van der Waals surface area contributed by atoms with Gasteiger partial charge in [-0.25, -0.2) is 8.42 Å². The number of nitrogens with zero attached hydrogens (tertiary/aromatic N) is 2. The molecule has 0 bridgehead atoms. The van der Waals surface area contributed by atoms with Gasteiger partial charge >= 0.3 is 0 Å². The first-order chi connectivity index (χ1) is 18.8. The molecule has 1 N–H and O–H groups in total. The number of carbonyl (C=O) groups excluding carboxylic acids is 2. The predicted molar refractivity (Wildman–Crippen MR) is 150 cm³/mol. The minimum Gasteiger partial charge on any atom is -0.477 e. The van der Waals surface area contributed by atoms with Crippen molar-refractivity contribution in [3.63, 3.8) is 0 Å². The molecule has 4 aromatic carbocycles. The number of para-hydroxylation sites is 2. The lowest BCUT2D eigenvalue weighted by Crippen LogP contribution is -2.52. The second-order valence-corrected chi connectivity index (χ2v) is 11.4. The first kappa shape index (κ1) is 26.4. The van der Waals surface area contributed by atoms with E-state index < -0.39 is 28.6 Å². The lowest BCUT2D eigenvalue weighted by molar-refractivity contribution is -0.128. The van der Waals surface area contributed by atoms with Crippen LogP contribution in [0.25, 0.3) is 10.8 Å². The second-order valence-electron chi connectivity index (χ2n) is 9.38. The van der Waals surface area contributed by atoms with Gasteiger partial charge in [0.05, 0.1) is 23.7 Å². The summed E-state index contributed by atoms with van der Waals surface area (Å²) in [6.07, 6.45) is -0.266. The molecule has 8 nitrogen and oxygen atoms in total. The first-order valence-electron chi connectivity index (χ1n) is 12.7. The molecular weight excluding hydrogens is 514 g/mol. The number of fused-ring (bicyclic) bond motifs is 2. The van der Waals surface area contributed by atoms with Gasteiger partial charge < -0.3 is 15.0 Å². The SMILES string of the molecule is CN(CC(=O)N1CC(C(=O)NCCc2ccccc2)Oc2ccccc21)S(=O)(=O)c1ccc2ccccc2c1. The highest BCUT2D eigenvalue weighted by molar-refractivity contribution is 7.89. The maximum absolute atomic E-state index is 13.5. The molecule has 5 rings (SSSR count). The van der Waals surface area contributed by atoms with E-state index in [4.69, 9.17) is 4.74 Å². The van der Waals surface area contributed by atoms with Gasteiger partial charge in [-0.3, -0.25) is 9.59 Å². The molecule has 39 heavy (non-hydrogen) atoms. The van der Waals surface area contributed by atoms with E-state index in [1.54, 1.807) is 42.5 Å². The van der Waals surface area contributed by atoms with Gasteiger partial charge in [0, 0.05) is 13.6 Å². The number of rotatable bonds is 8. The van der Waals surface area contributed by atoms with Crippen LogP contribution in [-0.4, -0.2) is 57.3 Å². The zero-order valence-electron chi connectivity index (χ0n) is 21.5. The van der Waals surface area contributed by atoms with E-state index in [9.17, 15) is 18.0 Å². The average Bonchev–Trinajstić information content (AvgIpc) is 2.96. The van der Waals surface area contributed by atoms with Crippen LogP contribution in [0.3, 0.4) is 0 Å². The summed E-state index contributed by atoms with van der Waals surface area (Å²) in [5.41, 5.74) is 1.59. The van der Waals surface area contributed by atoms with Crippen molar-refractivity contribution in [2.45, 2.75) is 17.4 Å². The number of nitrogens with one attached hydrogen (secondary N) is 1. The zero-order valence-corrected chi connectivity index (χ0v) is 22.3. The standard InChI is InChI=1S/C30H29N3O5S/c1-32(39(36,37)25-16-15-23-11-5-6-12-24(23)19-25)21-29(34)33-20-28(38-27-14-8-7-13-26(27)33)30(35)31-18-17-22-9-3-2-4-10-22/h2-16,19,28H,17-18,20-21H2,1H3,(H,31,35). The van der Waals surface area contributed by atoms with E-state index in [1.165, 1.54) is 11.9 Å². The number of likely N-dealkylation sites (N-methyl/N-ethyl adjacent to an activating group) is 1. The highest BCUT2D eigenvalue weighted by atomic mass is 32.2. The summed E-state index contributed by atoms with van der Waals surface area (Å²) >= 11 is 0. The third-order valence-corrected chi connectivity index (χ3v) is 8.51. The number of ether oxygens (including phenoxy) is 1. The summed E-state index contributed by atoms with van der Waals surface area (Å²) in [4.78, 5) is 28.0. The van der Waals surface area contributed by atoms with Crippen molar-refractivity contribution in [3.8, 4) is 5.75 Å². The molecule has 2 amide bonds. The molecule has 0 radical (unpaired) electrons. The molecule has 1 aliphatic rings. The smallest absolute Gasteiger partial charge is 0.262 e. The Morgan fingerprint density at radius 1 is 0.923 bits per heavy atom. The summed E-state index contributed by atoms with van der Waals surface area (Å²) in [5, 5.41) is 4.60. The number of amides is 2. The van der Waals surface area contributed by atoms with Crippen LogP contribution in [-0.2, 0) is 26.0 Å². The quantitative estimate of drug-likeness (QED) is 0.366. The van der Waals surface area contributed by atoms with Gasteiger partial charge in [0.15, 0.2) is 6.10 Å². The van der Waals surface area contributed by atoms with Crippen LogP contribution in [0.2, 0.25) is 0 Å². The van der Waals surface area contributed by atoms with Gasteiger partial charge in [0.2, 0.25) is 15.9 Å². The van der Waals surface area contributed by atoms with E-state index in [0.29, 0.717) is 24.4 Å². The van der Waals surface area contributed by atoms with E-state index in [-0.39, 0.29) is 17.3 Å². The van der Waals surface area contributed by atoms with E-state index in [2.05, 4.69) is 5.32 Å².